The Kier molecular flexibility index (Phi) is 6.29. The van der Waals surface area contributed by atoms with Crippen LogP contribution in [0, 0.1) is 0 Å². The second kappa shape index (κ2) is 7.74. The van der Waals surface area contributed by atoms with Gasteiger partial charge in [-0.1, -0.05) is 13.8 Å². The molecule has 0 bridgehead atoms. The molecule has 106 valence electrons. The first kappa shape index (κ1) is 15.4. The number of anilines is 1. The molecule has 0 radical (unpaired) electrons. The molecule has 0 aliphatic heterocycles. The Balaban J connectivity index is 2.56. The number of carbonyl (C=O) groups excluding carboxylic acids is 1. The van der Waals surface area contributed by atoms with Crippen molar-refractivity contribution in [2.75, 3.05) is 25.5 Å². The molecule has 1 aromatic rings. The first-order chi connectivity index (χ1) is 9.04. The second-order valence-corrected chi connectivity index (χ2v) is 4.67. The highest BCUT2D eigenvalue weighted by Gasteiger charge is 2.10. The quantitative estimate of drug-likeness (QED) is 0.739. The zero-order chi connectivity index (χ0) is 14.3. The molecule has 0 atom stereocenters. The molecule has 5 nitrogen and oxygen atoms in total. The van der Waals surface area contributed by atoms with E-state index in [9.17, 15) is 4.79 Å². The summed E-state index contributed by atoms with van der Waals surface area (Å²) < 4.78 is 5.21. The number of hydrogen-bond acceptors (Lipinski definition) is 4. The Morgan fingerprint density at radius 2 is 2.21 bits per heavy atom. The highest BCUT2D eigenvalue weighted by atomic mass is 16.5. The van der Waals surface area contributed by atoms with Crippen LogP contribution >= 0.6 is 0 Å². The zero-order valence-electron chi connectivity index (χ0n) is 11.9. The number of rotatable bonds is 7. The predicted molar refractivity (Wildman–Crippen MR) is 76.2 cm³/mol. The molecule has 0 unspecified atom stereocenters. The summed E-state index contributed by atoms with van der Waals surface area (Å²) in [6.07, 6.45) is 0.803. The normalized spacial score (nSPS) is 10.7. The number of amides is 1. The summed E-state index contributed by atoms with van der Waals surface area (Å²) in [5.74, 6) is 0.506. The Morgan fingerprint density at radius 3 is 2.84 bits per heavy atom. The fraction of sp³-hybridized carbons (Fsp3) is 0.571. The molecule has 3 N–H and O–H groups in total. The second-order valence-electron chi connectivity index (χ2n) is 4.67. The summed E-state index contributed by atoms with van der Waals surface area (Å²) in [4.78, 5) is 16.2. The van der Waals surface area contributed by atoms with Crippen molar-refractivity contribution >= 4 is 11.7 Å². The van der Waals surface area contributed by atoms with Crippen LogP contribution in [0.15, 0.2) is 12.1 Å². The Labute approximate surface area is 114 Å². The summed E-state index contributed by atoms with van der Waals surface area (Å²) in [7, 11) is 0. The van der Waals surface area contributed by atoms with Crippen LogP contribution in [0.25, 0.3) is 0 Å². The first-order valence-corrected chi connectivity index (χ1v) is 6.68. The van der Waals surface area contributed by atoms with E-state index in [-0.39, 0.29) is 11.8 Å². The van der Waals surface area contributed by atoms with Gasteiger partial charge in [0.15, 0.2) is 0 Å². The molecule has 19 heavy (non-hydrogen) atoms. The third kappa shape index (κ3) is 5.26. The van der Waals surface area contributed by atoms with Crippen molar-refractivity contribution in [1.29, 1.82) is 0 Å². The van der Waals surface area contributed by atoms with Crippen LogP contribution in [0.3, 0.4) is 0 Å². The van der Waals surface area contributed by atoms with Crippen molar-refractivity contribution in [3.05, 3.63) is 23.4 Å². The Hall–Kier alpha value is -1.62. The van der Waals surface area contributed by atoms with Gasteiger partial charge in [-0.05, 0) is 31.4 Å². The Morgan fingerprint density at radius 1 is 1.47 bits per heavy atom. The molecule has 1 aromatic heterocycles. The monoisotopic (exact) mass is 265 g/mol. The van der Waals surface area contributed by atoms with Crippen molar-refractivity contribution < 1.29 is 9.53 Å². The van der Waals surface area contributed by atoms with Gasteiger partial charge in [0, 0.05) is 31.0 Å². The molecule has 0 saturated heterocycles. The smallest absolute Gasteiger partial charge is 0.251 e. The van der Waals surface area contributed by atoms with E-state index in [1.54, 1.807) is 12.1 Å². The molecule has 1 rings (SSSR count). The highest BCUT2D eigenvalue weighted by molar-refractivity contribution is 5.94. The van der Waals surface area contributed by atoms with E-state index in [1.807, 2.05) is 20.8 Å². The molecule has 0 saturated carbocycles. The number of nitrogen functional groups attached to an aromatic ring is 1. The molecular formula is C14H23N3O2. The van der Waals surface area contributed by atoms with Gasteiger partial charge in [-0.25, -0.2) is 4.98 Å². The minimum atomic E-state index is -0.118. The third-order valence-electron chi connectivity index (χ3n) is 2.67. The number of nitrogens with zero attached hydrogens (tertiary/aromatic N) is 1. The van der Waals surface area contributed by atoms with Crippen molar-refractivity contribution in [1.82, 2.24) is 10.3 Å². The van der Waals surface area contributed by atoms with Crippen LogP contribution in [0.5, 0.6) is 0 Å². The fourth-order valence-electron chi connectivity index (χ4n) is 1.62. The van der Waals surface area contributed by atoms with Crippen molar-refractivity contribution in [3.8, 4) is 0 Å². The predicted octanol–water partition coefficient (Wildman–Crippen LogP) is 1.94. The van der Waals surface area contributed by atoms with Gasteiger partial charge < -0.3 is 15.8 Å². The van der Waals surface area contributed by atoms with Crippen molar-refractivity contribution in [2.24, 2.45) is 0 Å². The summed E-state index contributed by atoms with van der Waals surface area (Å²) >= 11 is 0. The molecule has 0 aliphatic carbocycles. The Bertz CT molecular complexity index is 419. The summed E-state index contributed by atoms with van der Waals surface area (Å²) in [6, 6.07) is 3.39. The molecular weight excluding hydrogens is 242 g/mol. The van der Waals surface area contributed by atoms with Crippen LogP contribution in [0.4, 0.5) is 5.82 Å². The number of nitrogens with one attached hydrogen (secondary N) is 1. The van der Waals surface area contributed by atoms with E-state index < -0.39 is 0 Å². The van der Waals surface area contributed by atoms with Gasteiger partial charge in [0.05, 0.1) is 0 Å². The lowest BCUT2D eigenvalue weighted by atomic mass is 10.1. The first-order valence-electron chi connectivity index (χ1n) is 6.68. The van der Waals surface area contributed by atoms with Gasteiger partial charge in [0.2, 0.25) is 0 Å². The molecule has 1 heterocycles. The zero-order valence-corrected chi connectivity index (χ0v) is 11.9. The van der Waals surface area contributed by atoms with Gasteiger partial charge in [-0.3, -0.25) is 4.79 Å². The molecule has 5 heteroatoms. The number of hydrogen-bond donors (Lipinski definition) is 2. The maximum absolute atomic E-state index is 12.0. The highest BCUT2D eigenvalue weighted by Crippen LogP contribution is 2.15. The van der Waals surface area contributed by atoms with Gasteiger partial charge in [-0.15, -0.1) is 0 Å². The van der Waals surface area contributed by atoms with Gasteiger partial charge in [0.25, 0.3) is 5.91 Å². The van der Waals surface area contributed by atoms with Gasteiger partial charge in [-0.2, -0.15) is 0 Å². The van der Waals surface area contributed by atoms with Crippen molar-refractivity contribution in [2.45, 2.75) is 33.1 Å². The lowest BCUT2D eigenvalue weighted by molar-refractivity contribution is 0.0944. The number of pyridine rings is 1. The summed E-state index contributed by atoms with van der Waals surface area (Å²) in [6.45, 7) is 7.94. The lowest BCUT2D eigenvalue weighted by Crippen LogP contribution is -2.25. The van der Waals surface area contributed by atoms with Crippen LogP contribution in [0.1, 0.15) is 49.2 Å². The largest absolute Gasteiger partial charge is 0.384 e. The molecule has 0 fully saturated rings. The van der Waals surface area contributed by atoms with Gasteiger partial charge in [0.1, 0.15) is 5.82 Å². The van der Waals surface area contributed by atoms with E-state index in [2.05, 4.69) is 10.3 Å². The topological polar surface area (TPSA) is 77.2 Å². The summed E-state index contributed by atoms with van der Waals surface area (Å²) in [5, 5.41) is 2.85. The van der Waals surface area contributed by atoms with Crippen LogP contribution in [0.2, 0.25) is 0 Å². The average molecular weight is 265 g/mol. The minimum Gasteiger partial charge on any atom is -0.384 e. The van der Waals surface area contributed by atoms with Crippen LogP contribution in [-0.2, 0) is 4.74 Å². The van der Waals surface area contributed by atoms with E-state index in [0.29, 0.717) is 31.1 Å². The number of aromatic nitrogens is 1. The molecule has 0 aliphatic rings. The molecule has 0 aromatic carbocycles. The SMILES string of the molecule is CCOCCCNC(=O)c1cc(N)nc(C(C)C)c1. The van der Waals surface area contributed by atoms with E-state index in [1.165, 1.54) is 0 Å². The van der Waals surface area contributed by atoms with Crippen LogP contribution in [-0.4, -0.2) is 30.6 Å². The van der Waals surface area contributed by atoms with Gasteiger partial charge >= 0.3 is 0 Å². The number of ether oxygens (including phenoxy) is 1. The van der Waals surface area contributed by atoms with E-state index >= 15 is 0 Å². The van der Waals surface area contributed by atoms with E-state index in [4.69, 9.17) is 10.5 Å². The maximum atomic E-state index is 12.0. The average Bonchev–Trinajstić information content (AvgIpc) is 2.37. The van der Waals surface area contributed by atoms with Crippen molar-refractivity contribution in [3.63, 3.8) is 0 Å². The maximum Gasteiger partial charge on any atom is 0.251 e. The number of nitrogens with two attached hydrogens (primary N) is 1. The fourth-order valence-corrected chi connectivity index (χ4v) is 1.62. The standard InChI is InChI=1S/C14H23N3O2/c1-4-19-7-5-6-16-14(18)11-8-12(10(2)3)17-13(15)9-11/h8-10H,4-7H2,1-3H3,(H2,15,17)(H,16,18). The van der Waals surface area contributed by atoms with E-state index in [0.717, 1.165) is 12.1 Å². The molecule has 1 amide bonds. The number of carbonyl (C=O) groups is 1. The lowest BCUT2D eigenvalue weighted by Gasteiger charge is -2.09. The summed E-state index contributed by atoms with van der Waals surface area (Å²) in [5.41, 5.74) is 7.11. The van der Waals surface area contributed by atoms with Crippen LogP contribution < -0.4 is 11.1 Å². The molecule has 0 spiro atoms. The third-order valence-corrected chi connectivity index (χ3v) is 2.67. The minimum absolute atomic E-state index is 0.118.